The van der Waals surface area contributed by atoms with Crippen molar-refractivity contribution >= 4 is 40.7 Å². The van der Waals surface area contributed by atoms with Crippen molar-refractivity contribution in [2.24, 2.45) is 17.8 Å². The fourth-order valence-corrected chi connectivity index (χ4v) is 6.60. The standard InChI is InChI=1S/C30H24ClNO6/c1-14-11-24(34)27-22(28(14)35)13-21-18(25(27)19-8-7-17(38-2)12-23(19)33)9-10-20-26(21)30(37)32(29(20)36)16-5-3-15(31)4-6-16/h3-9,11-12,20-21,25-26,33H,10,13H2,1-2H3. The first-order valence-corrected chi connectivity index (χ1v) is 12.8. The van der Waals surface area contributed by atoms with E-state index in [4.69, 9.17) is 16.3 Å². The molecule has 6 rings (SSSR count). The van der Waals surface area contributed by atoms with E-state index in [1.54, 1.807) is 43.3 Å². The van der Waals surface area contributed by atoms with Gasteiger partial charge in [0.15, 0.2) is 11.6 Å². The molecule has 0 bridgehead atoms. The van der Waals surface area contributed by atoms with E-state index < -0.39 is 23.7 Å². The van der Waals surface area contributed by atoms with Crippen molar-refractivity contribution in [1.29, 1.82) is 0 Å². The number of nitrogens with zero attached hydrogens (tertiary/aromatic N) is 1. The van der Waals surface area contributed by atoms with Crippen LogP contribution in [0, 0.1) is 17.8 Å². The average molecular weight is 530 g/mol. The van der Waals surface area contributed by atoms with Gasteiger partial charge in [-0.3, -0.25) is 24.1 Å². The van der Waals surface area contributed by atoms with E-state index in [9.17, 15) is 24.3 Å². The van der Waals surface area contributed by atoms with Crippen LogP contribution in [-0.4, -0.2) is 35.6 Å². The molecule has 2 aromatic rings. The van der Waals surface area contributed by atoms with Crippen LogP contribution in [0.1, 0.15) is 31.2 Å². The van der Waals surface area contributed by atoms with E-state index in [-0.39, 0.29) is 35.6 Å². The molecule has 1 aliphatic heterocycles. The summed E-state index contributed by atoms with van der Waals surface area (Å²) < 4.78 is 5.23. The molecular formula is C30H24ClNO6. The highest BCUT2D eigenvalue weighted by molar-refractivity contribution is 6.31. The fourth-order valence-electron chi connectivity index (χ4n) is 6.48. The largest absolute Gasteiger partial charge is 0.507 e. The first-order chi connectivity index (χ1) is 18.2. The van der Waals surface area contributed by atoms with Crippen LogP contribution in [0.15, 0.2) is 76.9 Å². The molecule has 0 saturated carbocycles. The van der Waals surface area contributed by atoms with Crippen LogP contribution >= 0.6 is 11.6 Å². The van der Waals surface area contributed by atoms with Crippen LogP contribution in [0.25, 0.3) is 0 Å². The minimum Gasteiger partial charge on any atom is -0.507 e. The number of anilines is 1. The van der Waals surface area contributed by atoms with Gasteiger partial charge in [-0.2, -0.15) is 0 Å². The van der Waals surface area contributed by atoms with E-state index in [0.717, 1.165) is 5.57 Å². The number of methoxy groups -OCH3 is 1. The van der Waals surface area contributed by atoms with Gasteiger partial charge in [0.1, 0.15) is 11.5 Å². The number of carbonyl (C=O) groups excluding carboxylic acids is 4. The van der Waals surface area contributed by atoms with Gasteiger partial charge in [0.05, 0.1) is 24.6 Å². The highest BCUT2D eigenvalue weighted by Gasteiger charge is 2.56. The first kappa shape index (κ1) is 24.4. The number of phenols is 1. The Morgan fingerprint density at radius 3 is 2.42 bits per heavy atom. The average Bonchev–Trinajstić information content (AvgIpc) is 3.16. The summed E-state index contributed by atoms with van der Waals surface area (Å²) in [7, 11) is 1.49. The third-order valence-corrected chi connectivity index (χ3v) is 8.45. The molecular weight excluding hydrogens is 506 g/mol. The zero-order chi connectivity index (χ0) is 26.9. The number of halogens is 1. The van der Waals surface area contributed by atoms with E-state index in [2.05, 4.69) is 0 Å². The molecule has 3 aliphatic carbocycles. The van der Waals surface area contributed by atoms with Crippen molar-refractivity contribution < 1.29 is 29.0 Å². The number of aromatic hydroxyl groups is 1. The number of carbonyl (C=O) groups is 4. The number of rotatable bonds is 3. The van der Waals surface area contributed by atoms with Crippen LogP contribution in [0.2, 0.25) is 5.02 Å². The number of phenolic OH excluding ortho intramolecular Hbond substituents is 1. The topological polar surface area (TPSA) is 101 Å². The van der Waals surface area contributed by atoms with Gasteiger partial charge in [-0.25, -0.2) is 0 Å². The van der Waals surface area contributed by atoms with E-state index in [0.29, 0.717) is 45.2 Å². The lowest BCUT2D eigenvalue weighted by molar-refractivity contribution is -0.123. The minimum atomic E-state index is -0.719. The van der Waals surface area contributed by atoms with Crippen LogP contribution in [0.3, 0.4) is 0 Å². The van der Waals surface area contributed by atoms with Crippen molar-refractivity contribution in [3.63, 3.8) is 0 Å². The number of allylic oxidation sites excluding steroid dienone is 6. The van der Waals surface area contributed by atoms with Crippen molar-refractivity contribution in [2.75, 3.05) is 12.0 Å². The molecule has 2 aromatic carbocycles. The lowest BCUT2D eigenvalue weighted by Gasteiger charge is -2.42. The Morgan fingerprint density at radius 2 is 1.74 bits per heavy atom. The van der Waals surface area contributed by atoms with Crippen LogP contribution in [-0.2, 0) is 19.2 Å². The highest BCUT2D eigenvalue weighted by atomic mass is 35.5. The Kier molecular flexibility index (Phi) is 5.65. The molecule has 4 atom stereocenters. The Balaban J connectivity index is 1.49. The molecule has 8 heteroatoms. The van der Waals surface area contributed by atoms with E-state index in [1.807, 2.05) is 6.08 Å². The number of amides is 2. The molecule has 4 aliphatic rings. The second-order valence-corrected chi connectivity index (χ2v) is 10.6. The van der Waals surface area contributed by atoms with Gasteiger partial charge in [0.2, 0.25) is 11.8 Å². The number of hydrogen-bond acceptors (Lipinski definition) is 6. The Labute approximate surface area is 224 Å². The summed E-state index contributed by atoms with van der Waals surface area (Å²) in [6.45, 7) is 1.60. The molecule has 0 aromatic heterocycles. The predicted molar refractivity (Wildman–Crippen MR) is 140 cm³/mol. The molecule has 1 saturated heterocycles. The lowest BCUT2D eigenvalue weighted by atomic mass is 9.59. The minimum absolute atomic E-state index is 0.0759. The molecule has 2 amide bonds. The quantitative estimate of drug-likeness (QED) is 0.352. The van der Waals surface area contributed by atoms with Crippen molar-refractivity contribution in [3.8, 4) is 11.5 Å². The summed E-state index contributed by atoms with van der Waals surface area (Å²) in [6, 6.07) is 11.4. The summed E-state index contributed by atoms with van der Waals surface area (Å²) in [5.41, 5.74) is 2.69. The number of Topliss-reactive ketones (excluding diaryl/α,β-unsaturated/α-hetero) is 1. The highest BCUT2D eigenvalue weighted by Crippen LogP contribution is 2.56. The number of ketones is 2. The zero-order valence-corrected chi connectivity index (χ0v) is 21.5. The van der Waals surface area contributed by atoms with Crippen molar-refractivity contribution in [1.82, 2.24) is 0 Å². The fraction of sp³-hybridized carbons (Fsp3) is 0.267. The van der Waals surface area contributed by atoms with Crippen LogP contribution in [0.4, 0.5) is 5.69 Å². The number of imide groups is 1. The lowest BCUT2D eigenvalue weighted by Crippen LogP contribution is -2.39. The number of fused-ring (bicyclic) bond motifs is 3. The summed E-state index contributed by atoms with van der Waals surface area (Å²) in [5, 5.41) is 11.5. The van der Waals surface area contributed by atoms with Gasteiger partial charge in [-0.1, -0.05) is 29.3 Å². The molecule has 1 fully saturated rings. The van der Waals surface area contributed by atoms with E-state index in [1.165, 1.54) is 24.2 Å². The van der Waals surface area contributed by atoms with Gasteiger partial charge in [-0.15, -0.1) is 0 Å². The monoisotopic (exact) mass is 529 g/mol. The molecule has 1 heterocycles. The third kappa shape index (κ3) is 3.49. The van der Waals surface area contributed by atoms with Gasteiger partial charge >= 0.3 is 0 Å². The Hall–Kier alpha value is -3.97. The van der Waals surface area contributed by atoms with Crippen molar-refractivity contribution in [2.45, 2.75) is 25.7 Å². The molecule has 4 unspecified atom stereocenters. The Bertz CT molecular complexity index is 1530. The van der Waals surface area contributed by atoms with Gasteiger partial charge < -0.3 is 9.84 Å². The smallest absolute Gasteiger partial charge is 0.238 e. The predicted octanol–water partition coefficient (Wildman–Crippen LogP) is 4.69. The third-order valence-electron chi connectivity index (χ3n) is 8.20. The maximum absolute atomic E-state index is 13.9. The molecule has 0 radical (unpaired) electrons. The number of hydrogen-bond donors (Lipinski definition) is 1. The second kappa shape index (κ2) is 8.81. The summed E-state index contributed by atoms with van der Waals surface area (Å²) in [5.74, 6) is -3.24. The summed E-state index contributed by atoms with van der Waals surface area (Å²) in [6.07, 6.45) is 3.76. The molecule has 7 nitrogen and oxygen atoms in total. The first-order valence-electron chi connectivity index (χ1n) is 12.4. The van der Waals surface area contributed by atoms with Crippen LogP contribution in [0.5, 0.6) is 11.5 Å². The number of benzene rings is 2. The normalized spacial score (nSPS) is 26.6. The maximum atomic E-state index is 13.9. The maximum Gasteiger partial charge on any atom is 0.238 e. The van der Waals surface area contributed by atoms with Gasteiger partial charge in [0, 0.05) is 39.3 Å². The second-order valence-electron chi connectivity index (χ2n) is 10.1. The SMILES string of the molecule is COc1ccc(C2C3=CCC4C(=O)N(c5ccc(Cl)cc5)C(=O)C4C3CC3=C2C(=O)C=C(C)C3=O)c(O)c1. The molecule has 0 spiro atoms. The summed E-state index contributed by atoms with van der Waals surface area (Å²) >= 11 is 6.02. The van der Waals surface area contributed by atoms with Gasteiger partial charge in [-0.05, 0) is 62.1 Å². The van der Waals surface area contributed by atoms with E-state index >= 15 is 0 Å². The van der Waals surface area contributed by atoms with Crippen LogP contribution < -0.4 is 9.64 Å². The summed E-state index contributed by atoms with van der Waals surface area (Å²) in [4.78, 5) is 55.2. The molecule has 192 valence electrons. The van der Waals surface area contributed by atoms with Gasteiger partial charge in [0.25, 0.3) is 0 Å². The zero-order valence-electron chi connectivity index (χ0n) is 20.7. The molecule has 38 heavy (non-hydrogen) atoms. The Morgan fingerprint density at radius 1 is 1.00 bits per heavy atom. The molecule has 1 N–H and O–H groups in total. The van der Waals surface area contributed by atoms with Crippen molar-refractivity contribution in [3.05, 3.63) is 87.5 Å². The number of ether oxygens (including phenoxy) is 1.